The number of pyridine rings is 1. The van der Waals surface area contributed by atoms with E-state index in [1.165, 1.54) is 6.07 Å². The highest BCUT2D eigenvalue weighted by Gasteiger charge is 2.23. The maximum absolute atomic E-state index is 14.6. The Morgan fingerprint density at radius 3 is 2.52 bits per heavy atom. The van der Waals surface area contributed by atoms with Gasteiger partial charge in [0.25, 0.3) is 5.91 Å². The van der Waals surface area contributed by atoms with E-state index in [0.717, 1.165) is 0 Å². The van der Waals surface area contributed by atoms with Gasteiger partial charge >= 0.3 is 0 Å². The van der Waals surface area contributed by atoms with Crippen LogP contribution in [0, 0.1) is 11.6 Å². The highest BCUT2D eigenvalue weighted by molar-refractivity contribution is 9.10. The van der Waals surface area contributed by atoms with Gasteiger partial charge in [-0.05, 0) is 55.8 Å². The summed E-state index contributed by atoms with van der Waals surface area (Å²) < 4.78 is 31.4. The lowest BCUT2D eigenvalue weighted by Gasteiger charge is -2.16. The summed E-state index contributed by atoms with van der Waals surface area (Å²) >= 11 is 9.18. The Balaban J connectivity index is 2.15. The standard InChI is InChI=1S/C19H19BrClF2N5O/c1-8(2)25-19(29)10-5-11(15(22)16(23)14(10)21)26-18-17-12(6-13(20)27-18)24-7-28(17)9(3)4/h5-9H,1-4H3,(H,25,29)(H,26,27). The molecule has 0 aliphatic heterocycles. The molecule has 1 aromatic carbocycles. The Hall–Kier alpha value is -2.26. The van der Waals surface area contributed by atoms with E-state index in [2.05, 4.69) is 36.5 Å². The van der Waals surface area contributed by atoms with Crippen LogP contribution in [0.25, 0.3) is 11.0 Å². The van der Waals surface area contributed by atoms with Crippen molar-refractivity contribution in [2.75, 3.05) is 5.32 Å². The number of amides is 1. The molecule has 2 N–H and O–H groups in total. The van der Waals surface area contributed by atoms with Crippen molar-refractivity contribution in [2.45, 2.75) is 39.8 Å². The highest BCUT2D eigenvalue weighted by atomic mass is 79.9. The summed E-state index contributed by atoms with van der Waals surface area (Å²) in [4.78, 5) is 21.0. The summed E-state index contributed by atoms with van der Waals surface area (Å²) in [6.45, 7) is 7.42. The Labute approximate surface area is 179 Å². The zero-order valence-corrected chi connectivity index (χ0v) is 18.5. The summed E-state index contributed by atoms with van der Waals surface area (Å²) in [5, 5.41) is 4.84. The van der Waals surface area contributed by atoms with Gasteiger partial charge in [0.15, 0.2) is 17.5 Å². The van der Waals surface area contributed by atoms with Gasteiger partial charge in [0.05, 0.1) is 28.1 Å². The number of nitrogens with zero attached hydrogens (tertiary/aromatic N) is 3. The molecule has 0 saturated heterocycles. The third kappa shape index (κ3) is 4.20. The summed E-state index contributed by atoms with van der Waals surface area (Å²) in [7, 11) is 0. The summed E-state index contributed by atoms with van der Waals surface area (Å²) in [6, 6.07) is 2.75. The second-order valence-corrected chi connectivity index (χ2v) is 8.26. The van der Waals surface area contributed by atoms with Crippen molar-refractivity contribution in [1.82, 2.24) is 19.9 Å². The fraction of sp³-hybridized carbons (Fsp3) is 0.316. The molecule has 0 saturated carbocycles. The van der Waals surface area contributed by atoms with E-state index in [0.29, 0.717) is 15.6 Å². The third-order valence-electron chi connectivity index (χ3n) is 4.14. The molecule has 0 spiro atoms. The molecule has 0 bridgehead atoms. The molecule has 6 nitrogen and oxygen atoms in total. The van der Waals surface area contributed by atoms with Crippen LogP contribution in [-0.2, 0) is 0 Å². The van der Waals surface area contributed by atoms with Gasteiger partial charge < -0.3 is 15.2 Å². The number of anilines is 2. The maximum Gasteiger partial charge on any atom is 0.253 e. The average molecular weight is 487 g/mol. The third-order valence-corrected chi connectivity index (χ3v) is 4.92. The largest absolute Gasteiger partial charge is 0.350 e. The lowest BCUT2D eigenvalue weighted by Crippen LogP contribution is -2.30. The van der Waals surface area contributed by atoms with E-state index >= 15 is 0 Å². The molecule has 3 aromatic rings. The quantitative estimate of drug-likeness (QED) is 0.364. The predicted molar refractivity (Wildman–Crippen MR) is 113 cm³/mol. The smallest absolute Gasteiger partial charge is 0.253 e. The number of rotatable bonds is 5. The molecule has 0 aliphatic carbocycles. The Bertz CT molecular complexity index is 1100. The van der Waals surface area contributed by atoms with Crippen LogP contribution in [0.3, 0.4) is 0 Å². The van der Waals surface area contributed by atoms with Crippen LogP contribution in [0.15, 0.2) is 23.1 Å². The molecule has 154 valence electrons. The Morgan fingerprint density at radius 1 is 1.21 bits per heavy atom. The molecule has 0 radical (unpaired) electrons. The predicted octanol–water partition coefficient (Wildman–Crippen LogP) is 5.59. The van der Waals surface area contributed by atoms with Crippen molar-refractivity contribution in [3.05, 3.63) is 45.3 Å². The second kappa shape index (κ2) is 8.23. The molecule has 0 unspecified atom stereocenters. The number of hydrogen-bond donors (Lipinski definition) is 2. The summed E-state index contributed by atoms with van der Waals surface area (Å²) in [5.41, 5.74) is 0.802. The normalized spacial score (nSPS) is 11.5. The van der Waals surface area contributed by atoms with Crippen molar-refractivity contribution >= 4 is 56.0 Å². The first kappa shape index (κ1) is 21.4. The lowest BCUT2D eigenvalue weighted by molar-refractivity contribution is 0.0942. The minimum Gasteiger partial charge on any atom is -0.350 e. The van der Waals surface area contributed by atoms with Gasteiger partial charge in [-0.3, -0.25) is 4.79 Å². The van der Waals surface area contributed by atoms with E-state index in [9.17, 15) is 13.6 Å². The van der Waals surface area contributed by atoms with Gasteiger partial charge in [-0.15, -0.1) is 0 Å². The minimum absolute atomic E-state index is 0.0581. The molecule has 0 fully saturated rings. The van der Waals surface area contributed by atoms with Crippen LogP contribution < -0.4 is 10.6 Å². The van der Waals surface area contributed by atoms with Gasteiger partial charge in [0, 0.05) is 12.1 Å². The fourth-order valence-corrected chi connectivity index (χ4v) is 3.45. The molecule has 2 heterocycles. The average Bonchev–Trinajstić information content (AvgIpc) is 3.05. The van der Waals surface area contributed by atoms with Gasteiger partial charge in [-0.1, -0.05) is 11.6 Å². The SMILES string of the molecule is CC(C)NC(=O)c1cc(Nc2nc(Br)cc3ncn(C(C)C)c23)c(F)c(F)c1Cl. The number of nitrogens with one attached hydrogen (secondary N) is 2. The van der Waals surface area contributed by atoms with Crippen molar-refractivity contribution in [1.29, 1.82) is 0 Å². The van der Waals surface area contributed by atoms with E-state index in [1.54, 1.807) is 26.2 Å². The molecule has 0 aliphatic rings. The van der Waals surface area contributed by atoms with Crippen LogP contribution >= 0.6 is 27.5 Å². The minimum atomic E-state index is -1.31. The monoisotopic (exact) mass is 485 g/mol. The second-order valence-electron chi connectivity index (χ2n) is 7.07. The molecule has 0 atom stereocenters. The van der Waals surface area contributed by atoms with E-state index in [-0.39, 0.29) is 29.2 Å². The van der Waals surface area contributed by atoms with Gasteiger partial charge in [0.2, 0.25) is 0 Å². The van der Waals surface area contributed by atoms with Crippen molar-refractivity contribution in [3.63, 3.8) is 0 Å². The van der Waals surface area contributed by atoms with Gasteiger partial charge in [-0.25, -0.2) is 18.7 Å². The van der Waals surface area contributed by atoms with Crippen LogP contribution in [-0.4, -0.2) is 26.5 Å². The van der Waals surface area contributed by atoms with Gasteiger partial charge in [0.1, 0.15) is 10.1 Å². The Morgan fingerprint density at radius 2 is 1.90 bits per heavy atom. The topological polar surface area (TPSA) is 71.8 Å². The number of fused-ring (bicyclic) bond motifs is 1. The number of halogens is 4. The molecular weight excluding hydrogens is 468 g/mol. The Kier molecular flexibility index (Phi) is 6.09. The van der Waals surface area contributed by atoms with Crippen molar-refractivity contribution < 1.29 is 13.6 Å². The fourth-order valence-electron chi connectivity index (χ4n) is 2.84. The zero-order chi connectivity index (χ0) is 21.5. The van der Waals surface area contributed by atoms with Crippen LogP contribution in [0.4, 0.5) is 20.3 Å². The van der Waals surface area contributed by atoms with Gasteiger partial charge in [-0.2, -0.15) is 0 Å². The number of carbonyl (C=O) groups is 1. The zero-order valence-electron chi connectivity index (χ0n) is 16.1. The van der Waals surface area contributed by atoms with Crippen LogP contribution in [0.5, 0.6) is 0 Å². The summed E-state index contributed by atoms with van der Waals surface area (Å²) in [5.74, 6) is -2.86. The number of carbonyl (C=O) groups excluding carboxylic acids is 1. The van der Waals surface area contributed by atoms with E-state index in [4.69, 9.17) is 11.6 Å². The molecule has 10 heteroatoms. The number of hydrogen-bond acceptors (Lipinski definition) is 4. The first-order valence-electron chi connectivity index (χ1n) is 8.88. The first-order valence-corrected chi connectivity index (χ1v) is 10.1. The van der Waals surface area contributed by atoms with Crippen molar-refractivity contribution in [3.8, 4) is 0 Å². The number of imidazole rings is 1. The van der Waals surface area contributed by atoms with Crippen LogP contribution in [0.2, 0.25) is 5.02 Å². The molecule has 2 aromatic heterocycles. The van der Waals surface area contributed by atoms with Crippen LogP contribution in [0.1, 0.15) is 44.1 Å². The van der Waals surface area contributed by atoms with Crippen molar-refractivity contribution in [2.24, 2.45) is 0 Å². The van der Waals surface area contributed by atoms with E-state index < -0.39 is 22.6 Å². The number of benzene rings is 1. The molecule has 1 amide bonds. The maximum atomic E-state index is 14.6. The lowest BCUT2D eigenvalue weighted by atomic mass is 10.1. The highest BCUT2D eigenvalue weighted by Crippen LogP contribution is 2.33. The van der Waals surface area contributed by atoms with E-state index in [1.807, 2.05) is 18.4 Å². The summed E-state index contributed by atoms with van der Waals surface area (Å²) in [6.07, 6.45) is 1.65. The number of aromatic nitrogens is 3. The first-order chi connectivity index (χ1) is 13.6. The molecule has 3 rings (SSSR count). The molecular formula is C19H19BrClF2N5O. The molecule has 29 heavy (non-hydrogen) atoms.